The Bertz CT molecular complexity index is 3600. The lowest BCUT2D eigenvalue weighted by Crippen LogP contribution is -2.33. The summed E-state index contributed by atoms with van der Waals surface area (Å²) < 4.78 is 0. The number of hydrogen-bond acceptors (Lipinski definition) is 2. The zero-order valence-electron chi connectivity index (χ0n) is 38.1. The molecule has 0 bridgehead atoms. The Morgan fingerprint density at radius 2 is 0.806 bits per heavy atom. The molecule has 10 aromatic carbocycles. The number of hydrogen-bond donors (Lipinski definition) is 0. The maximum atomic E-state index is 2.63. The van der Waals surface area contributed by atoms with Gasteiger partial charge >= 0.3 is 0 Å². The molecule has 0 amide bonds. The van der Waals surface area contributed by atoms with Crippen LogP contribution in [0.1, 0.15) is 72.2 Å². The predicted molar refractivity (Wildman–Crippen MR) is 281 cm³/mol. The van der Waals surface area contributed by atoms with Crippen LogP contribution < -0.4 is 4.90 Å². The summed E-state index contributed by atoms with van der Waals surface area (Å²) in [5.41, 5.74) is 23.7. The molecule has 14 rings (SSSR count). The van der Waals surface area contributed by atoms with Crippen molar-refractivity contribution in [2.75, 3.05) is 4.90 Å². The van der Waals surface area contributed by atoms with Crippen LogP contribution in [0, 0.1) is 0 Å². The van der Waals surface area contributed by atoms with Crippen LogP contribution in [0.5, 0.6) is 0 Å². The predicted octanol–water partition coefficient (Wildman–Crippen LogP) is 17.4. The third-order valence-electron chi connectivity index (χ3n) is 15.9. The van der Waals surface area contributed by atoms with E-state index in [2.05, 4.69) is 245 Å². The van der Waals surface area contributed by atoms with Crippen LogP contribution in [-0.4, -0.2) is 0 Å². The van der Waals surface area contributed by atoms with Crippen molar-refractivity contribution >= 4 is 39.6 Å². The van der Waals surface area contributed by atoms with Crippen molar-refractivity contribution in [3.63, 3.8) is 0 Å². The van der Waals surface area contributed by atoms with Crippen molar-refractivity contribution in [3.8, 4) is 44.5 Å². The van der Waals surface area contributed by atoms with Gasteiger partial charge in [0.1, 0.15) is 0 Å². The normalized spacial score (nSPS) is 15.5. The van der Waals surface area contributed by atoms with Crippen LogP contribution in [0.2, 0.25) is 0 Å². The van der Waals surface area contributed by atoms with E-state index in [1.54, 1.807) is 0 Å². The van der Waals surface area contributed by atoms with Gasteiger partial charge in [-0.15, -0.1) is 0 Å². The summed E-state index contributed by atoms with van der Waals surface area (Å²) >= 11 is 1.90. The number of benzene rings is 10. The quantitative estimate of drug-likeness (QED) is 0.173. The number of nitrogens with zero attached hydrogens (tertiary/aromatic N) is 1. The number of anilines is 3. The Balaban J connectivity index is 1.13. The minimum Gasteiger partial charge on any atom is -0.310 e. The molecular formula is C65H47NS. The molecule has 4 aliphatic rings. The van der Waals surface area contributed by atoms with E-state index < -0.39 is 5.41 Å². The topological polar surface area (TPSA) is 3.24 Å². The second-order valence-corrected chi connectivity index (χ2v) is 21.1. The molecule has 0 unspecified atom stereocenters. The molecule has 0 fully saturated rings. The van der Waals surface area contributed by atoms with E-state index in [0.29, 0.717) is 0 Å². The number of rotatable bonds is 4. The van der Waals surface area contributed by atoms with E-state index in [9.17, 15) is 0 Å². The minimum atomic E-state index is -0.622. The van der Waals surface area contributed by atoms with Crippen LogP contribution in [0.15, 0.2) is 222 Å². The van der Waals surface area contributed by atoms with Crippen LogP contribution in [0.4, 0.5) is 17.1 Å². The van der Waals surface area contributed by atoms with Gasteiger partial charge < -0.3 is 4.90 Å². The first-order valence-electron chi connectivity index (χ1n) is 23.7. The Morgan fingerprint density at radius 3 is 1.40 bits per heavy atom. The first-order valence-corrected chi connectivity index (χ1v) is 24.5. The minimum absolute atomic E-state index is 0.174. The zero-order valence-corrected chi connectivity index (χ0v) is 38.9. The summed E-state index contributed by atoms with van der Waals surface area (Å²) in [4.78, 5) is 5.22. The molecule has 1 nitrogen and oxygen atoms in total. The third-order valence-corrected chi connectivity index (χ3v) is 17.1. The molecule has 0 N–H and O–H groups in total. The van der Waals surface area contributed by atoms with Crippen LogP contribution in [-0.2, 0) is 16.2 Å². The van der Waals surface area contributed by atoms with Gasteiger partial charge in [0.05, 0.1) is 11.1 Å². The van der Waals surface area contributed by atoms with Gasteiger partial charge in [0, 0.05) is 37.6 Å². The summed E-state index contributed by atoms with van der Waals surface area (Å²) in [7, 11) is 0. The molecular weight excluding hydrogens is 827 g/mol. The first-order chi connectivity index (χ1) is 32.7. The lowest BCUT2D eigenvalue weighted by molar-refractivity contribution is 0.660. The maximum absolute atomic E-state index is 2.63. The SMILES string of the molecule is CC1(C)c2ccccc2-c2ccc(N(c3ccc4c(c3)C(C)(C)c3ccccc3-4)c3ccc(-c4ccc5ccccc5c4)c4c3C3(c5ccccc5Sc5ccccc53)c3ccccc3-4)cc21. The summed E-state index contributed by atoms with van der Waals surface area (Å²) in [6.07, 6.45) is 0. The Morgan fingerprint density at radius 1 is 0.343 bits per heavy atom. The highest BCUT2D eigenvalue weighted by atomic mass is 32.2. The fourth-order valence-corrected chi connectivity index (χ4v) is 14.0. The van der Waals surface area contributed by atoms with Crippen molar-refractivity contribution in [1.29, 1.82) is 0 Å². The van der Waals surface area contributed by atoms with E-state index in [0.717, 1.165) is 11.4 Å². The van der Waals surface area contributed by atoms with Crippen molar-refractivity contribution in [2.24, 2.45) is 0 Å². The van der Waals surface area contributed by atoms with E-state index in [4.69, 9.17) is 0 Å². The van der Waals surface area contributed by atoms with Gasteiger partial charge in [-0.3, -0.25) is 0 Å². The van der Waals surface area contributed by atoms with Gasteiger partial charge in [0.15, 0.2) is 0 Å². The van der Waals surface area contributed by atoms with E-state index in [-0.39, 0.29) is 10.8 Å². The van der Waals surface area contributed by atoms with Gasteiger partial charge in [-0.1, -0.05) is 203 Å². The van der Waals surface area contributed by atoms with E-state index in [1.807, 2.05) is 11.8 Å². The summed E-state index contributed by atoms with van der Waals surface area (Å²) in [5, 5.41) is 2.49. The molecule has 1 spiro atoms. The van der Waals surface area contributed by atoms with E-state index >= 15 is 0 Å². The lowest BCUT2D eigenvalue weighted by Gasteiger charge is -2.42. The molecule has 0 radical (unpaired) electrons. The Hall–Kier alpha value is -7.39. The Labute approximate surface area is 397 Å². The van der Waals surface area contributed by atoms with Gasteiger partial charge in [0.25, 0.3) is 0 Å². The summed E-state index contributed by atoms with van der Waals surface area (Å²) in [5.74, 6) is 0. The van der Waals surface area contributed by atoms with Crippen molar-refractivity contribution in [2.45, 2.75) is 53.7 Å². The molecule has 2 heteroatoms. The molecule has 0 atom stereocenters. The maximum Gasteiger partial charge on any atom is 0.0756 e. The lowest BCUT2D eigenvalue weighted by atomic mass is 9.66. The highest BCUT2D eigenvalue weighted by Crippen LogP contribution is 2.66. The monoisotopic (exact) mass is 873 g/mol. The number of fused-ring (bicyclic) bond motifs is 16. The fourth-order valence-electron chi connectivity index (χ4n) is 12.8. The largest absolute Gasteiger partial charge is 0.310 e. The van der Waals surface area contributed by atoms with E-state index in [1.165, 1.54) is 115 Å². The highest BCUT2D eigenvalue weighted by Gasteiger charge is 2.53. The smallest absolute Gasteiger partial charge is 0.0756 e. The van der Waals surface area contributed by atoms with Crippen LogP contribution in [0.25, 0.3) is 55.3 Å². The average Bonchev–Trinajstić information content (AvgIpc) is 3.89. The molecule has 3 aliphatic carbocycles. The average molecular weight is 874 g/mol. The standard InChI is InChI=1S/C65H47NS/c1-63(2)51-22-10-7-19-46(51)48-33-31-43(38-56(48)63)66(44-32-34-49-47-20-8-11-23-52(47)64(3,4)57(49)39-44)58-36-35-45(42-30-29-40-17-5-6-18-41(40)37-42)61-50-21-9-12-24-53(50)65(62(58)61)54-25-13-15-27-59(54)67-60-28-16-14-26-55(60)65/h5-39H,1-4H3. The molecule has 318 valence electrons. The third kappa shape index (κ3) is 5.17. The molecule has 1 aliphatic heterocycles. The van der Waals surface area contributed by atoms with Crippen molar-refractivity contribution < 1.29 is 0 Å². The van der Waals surface area contributed by atoms with Crippen molar-refractivity contribution in [1.82, 2.24) is 0 Å². The molecule has 10 aromatic rings. The summed E-state index contributed by atoms with van der Waals surface area (Å²) in [6.45, 7) is 9.60. The second-order valence-electron chi connectivity index (χ2n) is 20.0. The van der Waals surface area contributed by atoms with Gasteiger partial charge in [-0.05, 0) is 143 Å². The molecule has 0 saturated heterocycles. The Kier molecular flexibility index (Phi) is 8.02. The summed E-state index contributed by atoms with van der Waals surface area (Å²) in [6, 6.07) is 81.0. The zero-order chi connectivity index (χ0) is 44.8. The van der Waals surface area contributed by atoms with Gasteiger partial charge in [0.2, 0.25) is 0 Å². The molecule has 1 heterocycles. The van der Waals surface area contributed by atoms with Crippen molar-refractivity contribution in [3.05, 3.63) is 257 Å². The molecule has 0 saturated carbocycles. The second kappa shape index (κ2) is 13.8. The van der Waals surface area contributed by atoms with Gasteiger partial charge in [-0.25, -0.2) is 0 Å². The highest BCUT2D eigenvalue weighted by molar-refractivity contribution is 7.99. The molecule has 67 heavy (non-hydrogen) atoms. The first kappa shape index (κ1) is 38.8. The fraction of sp³-hybridized carbons (Fsp3) is 0.108. The molecule has 0 aromatic heterocycles. The van der Waals surface area contributed by atoms with Crippen LogP contribution in [0.3, 0.4) is 0 Å². The van der Waals surface area contributed by atoms with Crippen LogP contribution >= 0.6 is 11.8 Å². The van der Waals surface area contributed by atoms with Gasteiger partial charge in [-0.2, -0.15) is 0 Å².